The molecule has 0 aliphatic heterocycles. The predicted molar refractivity (Wildman–Crippen MR) is 103 cm³/mol. The number of rotatable bonds is 4. The topological polar surface area (TPSA) is 69.8 Å². The van der Waals surface area contributed by atoms with Crippen LogP contribution in [0.5, 0.6) is 0 Å². The summed E-state index contributed by atoms with van der Waals surface area (Å²) in [5, 5.41) is 1.09. The Labute approximate surface area is 154 Å². The Morgan fingerprint density at radius 2 is 1.77 bits per heavy atom. The largest absolute Gasteiger partial charge is 0.332 e. The molecule has 0 radical (unpaired) electrons. The first-order valence-electron chi connectivity index (χ1n) is 8.61. The van der Waals surface area contributed by atoms with Gasteiger partial charge in [0.25, 0.3) is 5.56 Å². The number of hydrogen-bond acceptors (Lipinski definition) is 5. The third-order valence-electron chi connectivity index (χ3n) is 4.72. The maximum atomic E-state index is 12.7. The molecule has 4 rings (SSSR count). The van der Waals surface area contributed by atoms with Crippen LogP contribution in [-0.2, 0) is 19.8 Å². The summed E-state index contributed by atoms with van der Waals surface area (Å²) in [5.41, 5.74) is 2.11. The molecule has 0 unspecified atom stereocenters. The van der Waals surface area contributed by atoms with Crippen molar-refractivity contribution < 1.29 is 0 Å². The van der Waals surface area contributed by atoms with E-state index < -0.39 is 0 Å². The molecule has 134 valence electrons. The standard InChI is InChI=1S/C19H20N4O2S/c1-11-4-6-12(7-5-11)10-26-17-14-16(20-15(21-17)13-8-9-13)22(2)19(25)23(3)18(14)24/h4-7,13H,8-10H2,1-3H3. The molecule has 1 aliphatic rings. The molecule has 1 saturated carbocycles. The number of benzene rings is 1. The lowest BCUT2D eigenvalue weighted by Crippen LogP contribution is -2.37. The van der Waals surface area contributed by atoms with Gasteiger partial charge in [-0.3, -0.25) is 13.9 Å². The highest BCUT2D eigenvalue weighted by Gasteiger charge is 2.29. The SMILES string of the molecule is Cc1ccc(CSc2nc(C3CC3)nc3c2c(=O)n(C)c(=O)n3C)cc1. The van der Waals surface area contributed by atoms with Crippen molar-refractivity contribution >= 4 is 22.8 Å². The minimum Gasteiger partial charge on any atom is -0.280 e. The van der Waals surface area contributed by atoms with Gasteiger partial charge in [-0.25, -0.2) is 14.8 Å². The second-order valence-corrected chi connectivity index (χ2v) is 7.80. The van der Waals surface area contributed by atoms with Crippen molar-refractivity contribution in [1.82, 2.24) is 19.1 Å². The number of aromatic nitrogens is 4. The van der Waals surface area contributed by atoms with Crippen LogP contribution < -0.4 is 11.2 Å². The summed E-state index contributed by atoms with van der Waals surface area (Å²) in [7, 11) is 3.15. The normalized spacial score (nSPS) is 14.1. The summed E-state index contributed by atoms with van der Waals surface area (Å²) < 4.78 is 2.57. The number of hydrogen-bond donors (Lipinski definition) is 0. The van der Waals surface area contributed by atoms with Crippen LogP contribution >= 0.6 is 11.8 Å². The Kier molecular flexibility index (Phi) is 4.19. The molecular weight excluding hydrogens is 348 g/mol. The second kappa shape index (κ2) is 6.39. The monoisotopic (exact) mass is 368 g/mol. The van der Waals surface area contributed by atoms with Gasteiger partial charge in [-0.05, 0) is 25.3 Å². The van der Waals surface area contributed by atoms with Crippen molar-refractivity contribution in [2.45, 2.75) is 36.5 Å². The molecule has 0 saturated heterocycles. The van der Waals surface area contributed by atoms with Crippen LogP contribution in [0.3, 0.4) is 0 Å². The molecule has 0 atom stereocenters. The first kappa shape index (κ1) is 17.0. The van der Waals surface area contributed by atoms with Gasteiger partial charge < -0.3 is 0 Å². The maximum Gasteiger partial charge on any atom is 0.332 e. The van der Waals surface area contributed by atoms with Gasteiger partial charge in [0.2, 0.25) is 0 Å². The molecule has 0 bridgehead atoms. The first-order valence-corrected chi connectivity index (χ1v) is 9.60. The van der Waals surface area contributed by atoms with E-state index in [1.54, 1.807) is 7.05 Å². The quantitative estimate of drug-likeness (QED) is 0.523. The molecular formula is C19H20N4O2S. The van der Waals surface area contributed by atoms with Crippen LogP contribution in [0.4, 0.5) is 0 Å². The van der Waals surface area contributed by atoms with Crippen molar-refractivity contribution in [3.05, 3.63) is 62.1 Å². The first-order chi connectivity index (χ1) is 12.5. The Morgan fingerprint density at radius 3 is 2.42 bits per heavy atom. The van der Waals surface area contributed by atoms with E-state index in [1.165, 1.54) is 34.5 Å². The van der Waals surface area contributed by atoms with Crippen molar-refractivity contribution in [2.24, 2.45) is 14.1 Å². The molecule has 3 aromatic rings. The zero-order valence-corrected chi connectivity index (χ0v) is 15.8. The zero-order valence-electron chi connectivity index (χ0n) is 15.0. The highest BCUT2D eigenvalue weighted by molar-refractivity contribution is 7.98. The van der Waals surface area contributed by atoms with E-state index in [4.69, 9.17) is 4.98 Å². The van der Waals surface area contributed by atoms with Crippen molar-refractivity contribution in [2.75, 3.05) is 0 Å². The molecule has 26 heavy (non-hydrogen) atoms. The molecule has 0 amide bonds. The Bertz CT molecular complexity index is 1110. The highest BCUT2D eigenvalue weighted by atomic mass is 32.2. The molecule has 0 N–H and O–H groups in total. The smallest absolute Gasteiger partial charge is 0.280 e. The van der Waals surface area contributed by atoms with Gasteiger partial charge in [0, 0.05) is 25.8 Å². The number of aryl methyl sites for hydroxylation is 2. The lowest BCUT2D eigenvalue weighted by molar-refractivity contribution is 0.698. The van der Waals surface area contributed by atoms with E-state index in [9.17, 15) is 9.59 Å². The lowest BCUT2D eigenvalue weighted by atomic mass is 10.2. The average Bonchev–Trinajstić information content (AvgIpc) is 3.48. The third-order valence-corrected chi connectivity index (χ3v) is 5.77. The van der Waals surface area contributed by atoms with E-state index in [-0.39, 0.29) is 11.2 Å². The fourth-order valence-corrected chi connectivity index (χ4v) is 3.89. The Balaban J connectivity index is 1.85. The molecule has 2 aromatic heterocycles. The van der Waals surface area contributed by atoms with Gasteiger partial charge in [-0.1, -0.05) is 29.8 Å². The highest BCUT2D eigenvalue weighted by Crippen LogP contribution is 2.39. The summed E-state index contributed by atoms with van der Waals surface area (Å²) in [5.74, 6) is 1.80. The Morgan fingerprint density at radius 1 is 1.08 bits per heavy atom. The van der Waals surface area contributed by atoms with Crippen LogP contribution in [-0.4, -0.2) is 19.1 Å². The van der Waals surface area contributed by atoms with E-state index in [0.29, 0.717) is 27.7 Å². The van der Waals surface area contributed by atoms with Gasteiger partial charge in [0.1, 0.15) is 16.2 Å². The van der Waals surface area contributed by atoms with Crippen molar-refractivity contribution in [1.29, 1.82) is 0 Å². The van der Waals surface area contributed by atoms with Crippen molar-refractivity contribution in [3.63, 3.8) is 0 Å². The second-order valence-electron chi connectivity index (χ2n) is 6.84. The van der Waals surface area contributed by atoms with Gasteiger partial charge in [-0.15, -0.1) is 11.8 Å². The van der Waals surface area contributed by atoms with Crippen LogP contribution in [0, 0.1) is 6.92 Å². The van der Waals surface area contributed by atoms with E-state index in [0.717, 1.165) is 23.2 Å². The van der Waals surface area contributed by atoms with Crippen molar-refractivity contribution in [3.8, 4) is 0 Å². The maximum absolute atomic E-state index is 12.7. The lowest BCUT2D eigenvalue weighted by Gasteiger charge is -2.11. The molecule has 0 spiro atoms. The summed E-state index contributed by atoms with van der Waals surface area (Å²) in [6.07, 6.45) is 2.12. The third kappa shape index (κ3) is 2.96. The summed E-state index contributed by atoms with van der Waals surface area (Å²) in [6.45, 7) is 2.06. The zero-order chi connectivity index (χ0) is 18.4. The van der Waals surface area contributed by atoms with E-state index in [2.05, 4.69) is 36.2 Å². The van der Waals surface area contributed by atoms with Gasteiger partial charge >= 0.3 is 5.69 Å². The van der Waals surface area contributed by atoms with Crippen LogP contribution in [0.15, 0.2) is 38.9 Å². The summed E-state index contributed by atoms with van der Waals surface area (Å²) >= 11 is 1.53. The molecule has 6 nitrogen and oxygen atoms in total. The molecule has 2 heterocycles. The average molecular weight is 368 g/mol. The summed E-state index contributed by atoms with van der Waals surface area (Å²) in [4.78, 5) is 34.3. The van der Waals surface area contributed by atoms with E-state index in [1.807, 2.05) is 0 Å². The number of nitrogens with zero attached hydrogens (tertiary/aromatic N) is 4. The van der Waals surface area contributed by atoms with Crippen LogP contribution in [0.25, 0.3) is 11.0 Å². The van der Waals surface area contributed by atoms with Crippen LogP contribution in [0.1, 0.15) is 35.7 Å². The molecule has 7 heteroatoms. The number of thioether (sulfide) groups is 1. The summed E-state index contributed by atoms with van der Waals surface area (Å²) in [6, 6.07) is 8.32. The fraction of sp³-hybridized carbons (Fsp3) is 0.368. The van der Waals surface area contributed by atoms with E-state index >= 15 is 0 Å². The minimum atomic E-state index is -0.363. The Hall–Kier alpha value is -2.41. The minimum absolute atomic E-state index is 0.336. The number of fused-ring (bicyclic) bond motifs is 1. The van der Waals surface area contributed by atoms with Crippen LogP contribution in [0.2, 0.25) is 0 Å². The molecule has 1 aliphatic carbocycles. The molecule has 1 aromatic carbocycles. The predicted octanol–water partition coefficient (Wildman–Crippen LogP) is 2.51. The van der Waals surface area contributed by atoms with Gasteiger partial charge in [0.05, 0.1) is 0 Å². The molecule has 1 fully saturated rings. The fourth-order valence-electron chi connectivity index (χ4n) is 2.91. The van der Waals surface area contributed by atoms with Gasteiger partial charge in [0.15, 0.2) is 5.65 Å². The van der Waals surface area contributed by atoms with Gasteiger partial charge in [-0.2, -0.15) is 0 Å².